The molecule has 2 aliphatic heterocycles. The molecule has 30 heavy (non-hydrogen) atoms. The first kappa shape index (κ1) is 19.2. The number of likely N-dealkylation sites (N-methyl/N-ethyl adjacent to an activating group) is 1. The van der Waals surface area contributed by atoms with E-state index in [0.717, 1.165) is 55.8 Å². The zero-order chi connectivity index (χ0) is 20.9. The van der Waals surface area contributed by atoms with E-state index in [-0.39, 0.29) is 11.4 Å². The molecule has 1 saturated heterocycles. The number of amides is 1. The molecule has 5 heteroatoms. The SMILES string of the molecule is COc1ccc2[nH]c3c(c2c1)CCN(C)C31CCN(C(=O)c2cccc(C)c2)CC1. The second kappa shape index (κ2) is 7.17. The van der Waals surface area contributed by atoms with Gasteiger partial charge in [-0.15, -0.1) is 0 Å². The highest BCUT2D eigenvalue weighted by Crippen LogP contribution is 2.45. The number of aromatic nitrogens is 1. The van der Waals surface area contributed by atoms with Crippen molar-refractivity contribution in [3.8, 4) is 5.75 Å². The van der Waals surface area contributed by atoms with Gasteiger partial charge < -0.3 is 14.6 Å². The molecule has 0 unspecified atom stereocenters. The molecule has 1 amide bonds. The summed E-state index contributed by atoms with van der Waals surface area (Å²) in [5.41, 5.74) is 5.81. The van der Waals surface area contributed by atoms with E-state index >= 15 is 0 Å². The summed E-state index contributed by atoms with van der Waals surface area (Å²) in [4.78, 5) is 21.3. The molecule has 1 aromatic heterocycles. The van der Waals surface area contributed by atoms with Crippen molar-refractivity contribution in [2.45, 2.75) is 31.7 Å². The van der Waals surface area contributed by atoms with Crippen molar-refractivity contribution in [1.82, 2.24) is 14.8 Å². The second-order valence-corrected chi connectivity index (χ2v) is 8.75. The first-order valence-electron chi connectivity index (χ1n) is 10.8. The van der Waals surface area contributed by atoms with Gasteiger partial charge in [-0.25, -0.2) is 0 Å². The van der Waals surface area contributed by atoms with E-state index in [1.807, 2.05) is 42.2 Å². The Balaban J connectivity index is 1.45. The third-order valence-corrected chi connectivity index (χ3v) is 7.15. The molecule has 5 nitrogen and oxygen atoms in total. The van der Waals surface area contributed by atoms with Crippen LogP contribution in [0.3, 0.4) is 0 Å². The summed E-state index contributed by atoms with van der Waals surface area (Å²) in [7, 11) is 3.95. The van der Waals surface area contributed by atoms with Crippen LogP contribution in [-0.2, 0) is 12.0 Å². The van der Waals surface area contributed by atoms with Crippen LogP contribution in [0.15, 0.2) is 42.5 Å². The molecular formula is C25H29N3O2. The average molecular weight is 404 g/mol. The van der Waals surface area contributed by atoms with E-state index in [4.69, 9.17) is 4.74 Å². The number of piperidine rings is 1. The Hall–Kier alpha value is -2.79. The fraction of sp³-hybridized carbons (Fsp3) is 0.400. The summed E-state index contributed by atoms with van der Waals surface area (Å²) in [6, 6.07) is 14.2. The average Bonchev–Trinajstić information content (AvgIpc) is 3.15. The molecule has 0 radical (unpaired) electrons. The van der Waals surface area contributed by atoms with Crippen molar-refractivity contribution in [3.63, 3.8) is 0 Å². The predicted molar refractivity (Wildman–Crippen MR) is 119 cm³/mol. The van der Waals surface area contributed by atoms with Crippen LogP contribution in [0.4, 0.5) is 0 Å². The van der Waals surface area contributed by atoms with Crippen LogP contribution in [0.2, 0.25) is 0 Å². The highest BCUT2D eigenvalue weighted by Gasteiger charge is 2.45. The van der Waals surface area contributed by atoms with Crippen LogP contribution in [0.5, 0.6) is 5.75 Å². The summed E-state index contributed by atoms with van der Waals surface area (Å²) in [6.07, 6.45) is 2.92. The molecule has 0 saturated carbocycles. The largest absolute Gasteiger partial charge is 0.497 e. The Bertz CT molecular complexity index is 1110. The maximum Gasteiger partial charge on any atom is 0.253 e. The molecular weight excluding hydrogens is 374 g/mol. The molecule has 1 N–H and O–H groups in total. The first-order chi connectivity index (χ1) is 14.5. The number of aromatic amines is 1. The smallest absolute Gasteiger partial charge is 0.253 e. The van der Waals surface area contributed by atoms with Crippen LogP contribution in [0.25, 0.3) is 10.9 Å². The van der Waals surface area contributed by atoms with Crippen molar-refractivity contribution in [2.75, 3.05) is 33.8 Å². The van der Waals surface area contributed by atoms with Crippen molar-refractivity contribution in [2.24, 2.45) is 0 Å². The molecule has 1 fully saturated rings. The van der Waals surface area contributed by atoms with Gasteiger partial charge in [0.1, 0.15) is 5.75 Å². The Labute approximate surface area is 177 Å². The van der Waals surface area contributed by atoms with Gasteiger partial charge in [-0.05, 0) is 69.1 Å². The van der Waals surface area contributed by atoms with Crippen LogP contribution >= 0.6 is 0 Å². The quantitative estimate of drug-likeness (QED) is 0.701. The Morgan fingerprint density at radius 3 is 2.63 bits per heavy atom. The Kier molecular flexibility index (Phi) is 4.58. The normalized spacial score (nSPS) is 18.6. The number of aryl methyl sites for hydroxylation is 1. The van der Waals surface area contributed by atoms with Gasteiger partial charge in [0, 0.05) is 41.8 Å². The van der Waals surface area contributed by atoms with Gasteiger partial charge in [-0.2, -0.15) is 0 Å². The highest BCUT2D eigenvalue weighted by molar-refractivity contribution is 5.94. The minimum atomic E-state index is -0.0385. The topological polar surface area (TPSA) is 48.6 Å². The van der Waals surface area contributed by atoms with Crippen molar-refractivity contribution >= 4 is 16.8 Å². The summed E-state index contributed by atoms with van der Waals surface area (Å²) in [5.74, 6) is 1.05. The molecule has 3 heterocycles. The number of nitrogens with one attached hydrogen (secondary N) is 1. The molecule has 156 valence electrons. The third kappa shape index (κ3) is 2.91. The number of carbonyl (C=O) groups is 1. The number of hydrogen-bond donors (Lipinski definition) is 1. The number of nitrogens with zero attached hydrogens (tertiary/aromatic N) is 2. The highest BCUT2D eigenvalue weighted by atomic mass is 16.5. The van der Waals surface area contributed by atoms with Crippen LogP contribution in [0, 0.1) is 6.92 Å². The monoisotopic (exact) mass is 403 g/mol. The van der Waals surface area contributed by atoms with Crippen LogP contribution in [-0.4, -0.2) is 54.5 Å². The minimum Gasteiger partial charge on any atom is -0.497 e. The number of methoxy groups -OCH3 is 1. The summed E-state index contributed by atoms with van der Waals surface area (Å²) in [6.45, 7) is 4.61. The van der Waals surface area contributed by atoms with E-state index in [9.17, 15) is 4.79 Å². The zero-order valence-corrected chi connectivity index (χ0v) is 18.0. The molecule has 0 atom stereocenters. The molecule has 5 rings (SSSR count). The lowest BCUT2D eigenvalue weighted by Crippen LogP contribution is -2.55. The maximum atomic E-state index is 13.1. The van der Waals surface area contributed by atoms with Gasteiger partial charge in [0.05, 0.1) is 12.6 Å². The maximum absolute atomic E-state index is 13.1. The number of H-pyrrole nitrogens is 1. The van der Waals surface area contributed by atoms with Gasteiger partial charge in [0.25, 0.3) is 5.91 Å². The first-order valence-corrected chi connectivity index (χ1v) is 10.8. The number of benzene rings is 2. The van der Waals surface area contributed by atoms with Gasteiger partial charge in [-0.1, -0.05) is 17.7 Å². The standard InChI is InChI=1S/C25H29N3O2/c1-17-5-4-6-18(15-17)24(29)28-13-10-25(11-14-28)23-20(9-12-27(25)2)21-16-19(30-3)7-8-22(21)26-23/h4-8,15-16,26H,9-14H2,1-3H3. The number of fused-ring (bicyclic) bond motifs is 4. The zero-order valence-electron chi connectivity index (χ0n) is 18.0. The van der Waals surface area contributed by atoms with E-state index in [0.29, 0.717) is 0 Å². The molecule has 0 bridgehead atoms. The van der Waals surface area contributed by atoms with Crippen molar-refractivity contribution in [3.05, 3.63) is 64.8 Å². The Morgan fingerprint density at radius 1 is 1.10 bits per heavy atom. The van der Waals surface area contributed by atoms with Gasteiger partial charge in [0.2, 0.25) is 0 Å². The summed E-state index contributed by atoms with van der Waals surface area (Å²) < 4.78 is 5.46. The fourth-order valence-electron chi connectivity index (χ4n) is 5.37. The third-order valence-electron chi connectivity index (χ3n) is 7.15. The number of carbonyl (C=O) groups excluding carboxylic acids is 1. The predicted octanol–water partition coefficient (Wildman–Crippen LogP) is 4.10. The second-order valence-electron chi connectivity index (χ2n) is 8.75. The number of ether oxygens (including phenoxy) is 1. The lowest BCUT2D eigenvalue weighted by atomic mass is 9.77. The number of likely N-dealkylation sites (tertiary alicyclic amines) is 1. The van der Waals surface area contributed by atoms with Crippen molar-refractivity contribution in [1.29, 1.82) is 0 Å². The molecule has 2 aromatic carbocycles. The van der Waals surface area contributed by atoms with Gasteiger partial charge in [0.15, 0.2) is 0 Å². The molecule has 2 aliphatic rings. The lowest BCUT2D eigenvalue weighted by molar-refractivity contribution is 0.0231. The summed E-state index contributed by atoms with van der Waals surface area (Å²) in [5, 5.41) is 1.27. The van der Waals surface area contributed by atoms with Crippen molar-refractivity contribution < 1.29 is 9.53 Å². The van der Waals surface area contributed by atoms with E-state index in [1.165, 1.54) is 22.2 Å². The van der Waals surface area contributed by atoms with Gasteiger partial charge in [-0.3, -0.25) is 9.69 Å². The molecule has 3 aromatic rings. The van der Waals surface area contributed by atoms with E-state index < -0.39 is 0 Å². The number of rotatable bonds is 2. The number of hydrogen-bond acceptors (Lipinski definition) is 3. The van der Waals surface area contributed by atoms with Crippen LogP contribution < -0.4 is 4.74 Å². The van der Waals surface area contributed by atoms with E-state index in [1.54, 1.807) is 7.11 Å². The van der Waals surface area contributed by atoms with Crippen LogP contribution in [0.1, 0.15) is 40.0 Å². The Morgan fingerprint density at radius 2 is 1.90 bits per heavy atom. The van der Waals surface area contributed by atoms with E-state index in [2.05, 4.69) is 29.1 Å². The van der Waals surface area contributed by atoms with Gasteiger partial charge >= 0.3 is 0 Å². The lowest BCUT2D eigenvalue weighted by Gasteiger charge is -2.49. The minimum absolute atomic E-state index is 0.0385. The fourth-order valence-corrected chi connectivity index (χ4v) is 5.37. The molecule has 1 spiro atoms. The summed E-state index contributed by atoms with van der Waals surface area (Å²) >= 11 is 0. The molecule has 0 aliphatic carbocycles.